The maximum atomic E-state index is 12.0. The van der Waals surface area contributed by atoms with Gasteiger partial charge in [-0.25, -0.2) is 4.98 Å². The minimum Gasteiger partial charge on any atom is -0.355 e. The van der Waals surface area contributed by atoms with Crippen LogP contribution in [0.2, 0.25) is 0 Å². The van der Waals surface area contributed by atoms with Crippen molar-refractivity contribution in [3.05, 3.63) is 48.0 Å². The Morgan fingerprint density at radius 1 is 1.38 bits per heavy atom. The van der Waals surface area contributed by atoms with Gasteiger partial charge in [-0.05, 0) is 18.4 Å². The molecule has 6 heteroatoms. The lowest BCUT2D eigenvalue weighted by Crippen LogP contribution is -2.32. The van der Waals surface area contributed by atoms with Crippen molar-refractivity contribution in [2.45, 2.75) is 19.3 Å². The maximum absolute atomic E-state index is 12.0. The van der Waals surface area contributed by atoms with Gasteiger partial charge in [-0.2, -0.15) is 10.4 Å². The first kappa shape index (κ1) is 14.7. The number of H-pyrrole nitrogens is 1. The largest absolute Gasteiger partial charge is 0.355 e. The Hall–Kier alpha value is -2.68. The van der Waals surface area contributed by atoms with Crippen molar-refractivity contribution in [1.29, 1.82) is 5.26 Å². The van der Waals surface area contributed by atoms with Crippen LogP contribution >= 0.6 is 0 Å². The fraction of sp³-hybridized carbons (Fsp3) is 0.333. The standard InChI is InChI=1S/C15H17N5O/c16-10-13(9-12-5-2-1-3-6-12)15(21)17-8-4-7-14-18-11-19-20-14/h1-3,5-6,11,13H,4,7-9H2,(H,17,21)(H,18,19,20). The first-order chi connectivity index (χ1) is 10.3. The van der Waals surface area contributed by atoms with Crippen molar-refractivity contribution >= 4 is 5.91 Å². The topological polar surface area (TPSA) is 94.5 Å². The second-order valence-corrected chi connectivity index (χ2v) is 4.70. The Kier molecular flexibility index (Phi) is 5.47. The number of hydrogen-bond donors (Lipinski definition) is 2. The minimum atomic E-state index is -0.655. The quantitative estimate of drug-likeness (QED) is 0.747. The summed E-state index contributed by atoms with van der Waals surface area (Å²) in [7, 11) is 0. The molecule has 0 fully saturated rings. The van der Waals surface area contributed by atoms with Gasteiger partial charge < -0.3 is 5.32 Å². The fourth-order valence-electron chi connectivity index (χ4n) is 1.99. The lowest BCUT2D eigenvalue weighted by Gasteiger charge is -2.10. The number of carbonyl (C=O) groups is 1. The number of benzene rings is 1. The van der Waals surface area contributed by atoms with Gasteiger partial charge in [0, 0.05) is 13.0 Å². The number of nitrogens with zero attached hydrogens (tertiary/aromatic N) is 3. The van der Waals surface area contributed by atoms with Crippen LogP contribution in [0.25, 0.3) is 0 Å². The predicted octanol–water partition coefficient (Wildman–Crippen LogP) is 1.24. The van der Waals surface area contributed by atoms with Gasteiger partial charge in [0.1, 0.15) is 18.1 Å². The van der Waals surface area contributed by atoms with Crippen LogP contribution in [0.3, 0.4) is 0 Å². The zero-order valence-electron chi connectivity index (χ0n) is 11.6. The number of hydrogen-bond acceptors (Lipinski definition) is 4. The Morgan fingerprint density at radius 3 is 2.86 bits per heavy atom. The van der Waals surface area contributed by atoms with Gasteiger partial charge in [0.25, 0.3) is 0 Å². The van der Waals surface area contributed by atoms with Gasteiger partial charge in [-0.3, -0.25) is 9.89 Å². The third-order valence-electron chi connectivity index (χ3n) is 3.11. The van der Waals surface area contributed by atoms with E-state index < -0.39 is 5.92 Å². The molecule has 0 bridgehead atoms. The summed E-state index contributed by atoms with van der Waals surface area (Å²) < 4.78 is 0. The molecule has 2 aromatic rings. The zero-order chi connectivity index (χ0) is 14.9. The van der Waals surface area contributed by atoms with E-state index in [-0.39, 0.29) is 5.91 Å². The molecule has 1 atom stereocenters. The van der Waals surface area contributed by atoms with E-state index in [9.17, 15) is 4.79 Å². The number of aryl methyl sites for hydroxylation is 1. The summed E-state index contributed by atoms with van der Waals surface area (Å²) in [5, 5.41) is 18.4. The van der Waals surface area contributed by atoms with Crippen LogP contribution < -0.4 is 5.32 Å². The van der Waals surface area contributed by atoms with E-state index in [1.807, 2.05) is 30.3 Å². The molecule has 6 nitrogen and oxygen atoms in total. The van der Waals surface area contributed by atoms with Crippen molar-refractivity contribution in [2.24, 2.45) is 5.92 Å². The molecule has 1 amide bonds. The van der Waals surface area contributed by atoms with Crippen LogP contribution in [0.15, 0.2) is 36.7 Å². The number of rotatable bonds is 7. The molecule has 0 spiro atoms. The van der Waals surface area contributed by atoms with Gasteiger partial charge in [-0.1, -0.05) is 30.3 Å². The fourth-order valence-corrected chi connectivity index (χ4v) is 1.99. The summed E-state index contributed by atoms with van der Waals surface area (Å²) in [6, 6.07) is 11.6. The lowest BCUT2D eigenvalue weighted by molar-refractivity contribution is -0.123. The third-order valence-corrected chi connectivity index (χ3v) is 3.11. The van der Waals surface area contributed by atoms with Crippen molar-refractivity contribution in [1.82, 2.24) is 20.5 Å². The molecule has 1 unspecified atom stereocenters. The van der Waals surface area contributed by atoms with E-state index in [0.29, 0.717) is 13.0 Å². The lowest BCUT2D eigenvalue weighted by atomic mass is 10.00. The molecule has 1 aromatic carbocycles. The van der Waals surface area contributed by atoms with E-state index in [0.717, 1.165) is 24.2 Å². The number of nitrogens with one attached hydrogen (secondary N) is 2. The number of nitriles is 1. The van der Waals surface area contributed by atoms with E-state index in [1.54, 1.807) is 0 Å². The van der Waals surface area contributed by atoms with Gasteiger partial charge in [0.2, 0.25) is 5.91 Å². The Morgan fingerprint density at radius 2 is 2.19 bits per heavy atom. The van der Waals surface area contributed by atoms with Crippen LogP contribution in [0.1, 0.15) is 17.8 Å². The summed E-state index contributed by atoms with van der Waals surface area (Å²) in [5.41, 5.74) is 0.987. The van der Waals surface area contributed by atoms with Crippen molar-refractivity contribution in [3.8, 4) is 6.07 Å². The zero-order valence-corrected chi connectivity index (χ0v) is 11.6. The highest BCUT2D eigenvalue weighted by Gasteiger charge is 2.17. The minimum absolute atomic E-state index is 0.223. The van der Waals surface area contributed by atoms with Crippen LogP contribution in [0, 0.1) is 17.2 Å². The van der Waals surface area contributed by atoms with E-state index >= 15 is 0 Å². The molecule has 0 aliphatic carbocycles. The van der Waals surface area contributed by atoms with Crippen molar-refractivity contribution in [3.63, 3.8) is 0 Å². The molecule has 0 aliphatic heterocycles. The highest BCUT2D eigenvalue weighted by Crippen LogP contribution is 2.08. The highest BCUT2D eigenvalue weighted by atomic mass is 16.1. The average Bonchev–Trinajstić information content (AvgIpc) is 3.03. The Balaban J connectivity index is 1.74. The van der Waals surface area contributed by atoms with Gasteiger partial charge in [0.05, 0.1) is 6.07 Å². The van der Waals surface area contributed by atoms with E-state index in [1.165, 1.54) is 6.33 Å². The second-order valence-electron chi connectivity index (χ2n) is 4.70. The molecule has 0 aliphatic rings. The van der Waals surface area contributed by atoms with Gasteiger partial charge in [-0.15, -0.1) is 0 Å². The average molecular weight is 283 g/mol. The summed E-state index contributed by atoms with van der Waals surface area (Å²) >= 11 is 0. The number of aromatic amines is 1. The molecule has 108 valence electrons. The Bertz CT molecular complexity index is 588. The van der Waals surface area contributed by atoms with Gasteiger partial charge >= 0.3 is 0 Å². The van der Waals surface area contributed by atoms with Crippen molar-refractivity contribution in [2.75, 3.05) is 6.54 Å². The molecule has 0 saturated heterocycles. The van der Waals surface area contributed by atoms with Crippen LogP contribution in [0.5, 0.6) is 0 Å². The summed E-state index contributed by atoms with van der Waals surface area (Å²) in [6.45, 7) is 0.520. The molecule has 0 radical (unpaired) electrons. The molecular formula is C15H17N5O. The summed E-state index contributed by atoms with van der Waals surface area (Å²) in [4.78, 5) is 16.0. The molecular weight excluding hydrogens is 266 g/mol. The smallest absolute Gasteiger partial charge is 0.237 e. The molecule has 0 saturated carbocycles. The SMILES string of the molecule is N#CC(Cc1ccccc1)C(=O)NCCCc1ncn[nH]1. The monoisotopic (exact) mass is 283 g/mol. The number of carbonyl (C=O) groups excluding carboxylic acids is 1. The molecule has 2 rings (SSSR count). The number of amides is 1. The first-order valence-electron chi connectivity index (χ1n) is 6.85. The predicted molar refractivity (Wildman–Crippen MR) is 77.0 cm³/mol. The third kappa shape index (κ3) is 4.73. The molecule has 1 aromatic heterocycles. The van der Waals surface area contributed by atoms with Crippen molar-refractivity contribution < 1.29 is 4.79 Å². The van der Waals surface area contributed by atoms with Gasteiger partial charge in [0.15, 0.2) is 0 Å². The highest BCUT2D eigenvalue weighted by molar-refractivity contribution is 5.81. The van der Waals surface area contributed by atoms with E-state index in [4.69, 9.17) is 5.26 Å². The normalized spacial score (nSPS) is 11.6. The molecule has 2 N–H and O–H groups in total. The second kappa shape index (κ2) is 7.80. The Labute approximate surface area is 123 Å². The summed E-state index contributed by atoms with van der Waals surface area (Å²) in [6.07, 6.45) is 3.37. The van der Waals surface area contributed by atoms with Crippen LogP contribution in [-0.2, 0) is 17.6 Å². The van der Waals surface area contributed by atoms with E-state index in [2.05, 4.69) is 26.6 Å². The molecule has 1 heterocycles. The van der Waals surface area contributed by atoms with Crippen LogP contribution in [-0.4, -0.2) is 27.6 Å². The number of aromatic nitrogens is 3. The first-order valence-corrected chi connectivity index (χ1v) is 6.85. The molecule has 21 heavy (non-hydrogen) atoms. The summed E-state index contributed by atoms with van der Waals surface area (Å²) in [5.74, 6) is -0.0815. The van der Waals surface area contributed by atoms with Crippen LogP contribution in [0.4, 0.5) is 0 Å². The maximum Gasteiger partial charge on any atom is 0.237 e.